The van der Waals surface area contributed by atoms with Crippen LogP contribution in [0.25, 0.3) is 0 Å². The topological polar surface area (TPSA) is 45.0 Å². The number of hydrogen-bond acceptors (Lipinski definition) is 5. The molecule has 0 radical (unpaired) electrons. The molecule has 2 aromatic rings. The van der Waals surface area contributed by atoms with Gasteiger partial charge in [-0.25, -0.2) is 0 Å². The van der Waals surface area contributed by atoms with Crippen LogP contribution in [0.2, 0.25) is 0 Å². The molecule has 1 aromatic carbocycles. The first-order valence-corrected chi connectivity index (χ1v) is 10.6. The Morgan fingerprint density at radius 1 is 1.23 bits per heavy atom. The average molecular weight is 386 g/mol. The molecule has 2 heterocycles. The molecular formula is C20H23N3OS2. The second-order valence-corrected chi connectivity index (χ2v) is 8.39. The molecule has 0 aliphatic carbocycles. The van der Waals surface area contributed by atoms with Crippen molar-refractivity contribution in [1.29, 1.82) is 0 Å². The monoisotopic (exact) mass is 385 g/mol. The van der Waals surface area contributed by atoms with E-state index in [0.29, 0.717) is 11.7 Å². The van der Waals surface area contributed by atoms with Gasteiger partial charge < -0.3 is 0 Å². The van der Waals surface area contributed by atoms with E-state index in [1.54, 1.807) is 34.2 Å². The molecular weight excluding hydrogens is 362 g/mol. The number of carbonyl (C=O) groups excluding carboxylic acids is 1. The fourth-order valence-electron chi connectivity index (χ4n) is 2.76. The van der Waals surface area contributed by atoms with Crippen LogP contribution in [-0.2, 0) is 11.3 Å². The largest absolute Gasteiger partial charge is 0.284 e. The Morgan fingerprint density at radius 3 is 2.81 bits per heavy atom. The molecule has 0 N–H and O–H groups in total. The maximum absolute atomic E-state index is 12.9. The van der Waals surface area contributed by atoms with E-state index in [-0.39, 0.29) is 11.2 Å². The Morgan fingerprint density at radius 2 is 2.08 bits per heavy atom. The zero-order chi connectivity index (χ0) is 18.4. The first-order chi connectivity index (χ1) is 12.7. The van der Waals surface area contributed by atoms with E-state index in [4.69, 9.17) is 0 Å². The maximum atomic E-state index is 12.9. The lowest BCUT2D eigenvalue weighted by molar-refractivity contribution is -0.126. The minimum absolute atomic E-state index is 0.0466. The second-order valence-electron chi connectivity index (χ2n) is 6.24. The lowest BCUT2D eigenvalue weighted by Gasteiger charge is -2.17. The Balaban J connectivity index is 1.81. The van der Waals surface area contributed by atoms with Crippen LogP contribution >= 0.6 is 23.1 Å². The highest BCUT2D eigenvalue weighted by molar-refractivity contribution is 8.15. The molecule has 1 amide bonds. The minimum atomic E-state index is -0.0466. The highest BCUT2D eigenvalue weighted by Gasteiger charge is 2.37. The molecule has 4 nitrogen and oxygen atoms in total. The Bertz CT molecular complexity index is 799. The predicted octanol–water partition coefficient (Wildman–Crippen LogP) is 5.08. The third kappa shape index (κ3) is 4.62. The van der Waals surface area contributed by atoms with Crippen molar-refractivity contribution in [2.24, 2.45) is 10.2 Å². The molecule has 1 aliphatic rings. The third-order valence-corrected chi connectivity index (χ3v) is 6.34. The van der Waals surface area contributed by atoms with E-state index in [0.717, 1.165) is 29.7 Å². The number of amidine groups is 1. The summed E-state index contributed by atoms with van der Waals surface area (Å²) in [4.78, 5) is 15.7. The van der Waals surface area contributed by atoms with Crippen LogP contribution in [0.5, 0.6) is 0 Å². The standard InChI is InChI=1S/C20H23N3OS2/c1-3-4-11-18-19(24)23(14-16-9-6-5-8-15(16)2)20(26-18)22-21-13-17-10-7-12-25-17/h5-10,12-13,18H,3-4,11,14H2,1-2H3/b21-13+,22-20-. The number of thioether (sulfide) groups is 1. The Kier molecular flexibility index (Phi) is 6.63. The van der Waals surface area contributed by atoms with Gasteiger partial charge in [0, 0.05) is 4.88 Å². The molecule has 3 rings (SSSR count). The molecule has 136 valence electrons. The van der Waals surface area contributed by atoms with Crippen LogP contribution in [0.3, 0.4) is 0 Å². The van der Waals surface area contributed by atoms with Gasteiger partial charge in [0.15, 0.2) is 5.17 Å². The van der Waals surface area contributed by atoms with Crippen molar-refractivity contribution in [3.05, 3.63) is 57.8 Å². The van der Waals surface area contributed by atoms with Gasteiger partial charge in [-0.05, 0) is 35.9 Å². The number of nitrogens with zero attached hydrogens (tertiary/aromatic N) is 3. The molecule has 1 atom stereocenters. The fourth-order valence-corrected chi connectivity index (χ4v) is 4.48. The number of unbranched alkanes of at least 4 members (excludes halogenated alkanes) is 1. The normalized spacial score (nSPS) is 19.2. The van der Waals surface area contributed by atoms with Gasteiger partial charge in [0.25, 0.3) is 0 Å². The summed E-state index contributed by atoms with van der Waals surface area (Å²) < 4.78 is 0. The van der Waals surface area contributed by atoms with Gasteiger partial charge in [-0.1, -0.05) is 61.9 Å². The number of carbonyl (C=O) groups is 1. The van der Waals surface area contributed by atoms with E-state index in [1.807, 2.05) is 29.6 Å². The van der Waals surface area contributed by atoms with Crippen LogP contribution in [-0.4, -0.2) is 27.4 Å². The number of rotatable bonds is 7. The fraction of sp³-hybridized carbons (Fsp3) is 0.350. The summed E-state index contributed by atoms with van der Waals surface area (Å²) in [7, 11) is 0. The van der Waals surface area contributed by atoms with E-state index < -0.39 is 0 Å². The van der Waals surface area contributed by atoms with Crippen molar-refractivity contribution >= 4 is 40.4 Å². The number of aryl methyl sites for hydroxylation is 1. The summed E-state index contributed by atoms with van der Waals surface area (Å²) in [5.41, 5.74) is 2.33. The van der Waals surface area contributed by atoms with Crippen molar-refractivity contribution in [3.8, 4) is 0 Å². The first-order valence-electron chi connectivity index (χ1n) is 8.86. The van der Waals surface area contributed by atoms with Crippen LogP contribution in [0.4, 0.5) is 0 Å². The summed E-state index contributed by atoms with van der Waals surface area (Å²) in [5, 5.41) is 11.3. The first kappa shape index (κ1) is 18.9. The SMILES string of the molecule is CCCCC1S/C(=N\N=C\c2cccs2)N(Cc2ccccc2C)C1=O. The van der Waals surface area contributed by atoms with Gasteiger partial charge in [-0.15, -0.1) is 16.4 Å². The molecule has 1 aliphatic heterocycles. The van der Waals surface area contributed by atoms with Crippen molar-refractivity contribution in [2.75, 3.05) is 0 Å². The average Bonchev–Trinajstić information content (AvgIpc) is 3.25. The zero-order valence-electron chi connectivity index (χ0n) is 15.1. The van der Waals surface area contributed by atoms with E-state index in [9.17, 15) is 4.79 Å². The summed E-state index contributed by atoms with van der Waals surface area (Å²) in [5.74, 6) is 0.150. The number of amides is 1. The van der Waals surface area contributed by atoms with E-state index in [1.165, 1.54) is 5.56 Å². The minimum Gasteiger partial charge on any atom is -0.284 e. The summed E-state index contributed by atoms with van der Waals surface area (Å²) in [6.07, 6.45) is 4.77. The molecule has 6 heteroatoms. The number of benzene rings is 1. The summed E-state index contributed by atoms with van der Waals surface area (Å²) in [6, 6.07) is 12.2. The third-order valence-electron chi connectivity index (χ3n) is 4.30. The van der Waals surface area contributed by atoms with E-state index in [2.05, 4.69) is 36.2 Å². The van der Waals surface area contributed by atoms with Gasteiger partial charge in [0.1, 0.15) is 0 Å². The van der Waals surface area contributed by atoms with Crippen molar-refractivity contribution in [2.45, 2.75) is 44.9 Å². The molecule has 0 saturated carbocycles. The lowest BCUT2D eigenvalue weighted by atomic mass is 10.1. The lowest BCUT2D eigenvalue weighted by Crippen LogP contribution is -2.31. The molecule has 26 heavy (non-hydrogen) atoms. The zero-order valence-corrected chi connectivity index (χ0v) is 16.7. The van der Waals surface area contributed by atoms with Crippen molar-refractivity contribution in [1.82, 2.24) is 4.90 Å². The highest BCUT2D eigenvalue weighted by Crippen LogP contribution is 2.32. The predicted molar refractivity (Wildman–Crippen MR) is 112 cm³/mol. The Hall–Kier alpha value is -1.92. The Labute approximate surface area is 163 Å². The number of hydrogen-bond donors (Lipinski definition) is 0. The van der Waals surface area contributed by atoms with Crippen LogP contribution in [0.15, 0.2) is 52.0 Å². The number of thiophene rings is 1. The van der Waals surface area contributed by atoms with Crippen molar-refractivity contribution in [3.63, 3.8) is 0 Å². The summed E-state index contributed by atoms with van der Waals surface area (Å²) >= 11 is 3.16. The van der Waals surface area contributed by atoms with Gasteiger partial charge in [0.2, 0.25) is 5.91 Å². The van der Waals surface area contributed by atoms with Gasteiger partial charge in [-0.2, -0.15) is 5.10 Å². The molecule has 0 spiro atoms. The molecule has 1 saturated heterocycles. The van der Waals surface area contributed by atoms with Gasteiger partial charge >= 0.3 is 0 Å². The van der Waals surface area contributed by atoms with Gasteiger partial charge in [0.05, 0.1) is 18.0 Å². The quantitative estimate of drug-likeness (QED) is 0.493. The maximum Gasteiger partial charge on any atom is 0.242 e. The van der Waals surface area contributed by atoms with Crippen LogP contribution in [0, 0.1) is 6.92 Å². The molecule has 0 bridgehead atoms. The molecule has 1 unspecified atom stereocenters. The van der Waals surface area contributed by atoms with E-state index >= 15 is 0 Å². The van der Waals surface area contributed by atoms with Gasteiger partial charge in [-0.3, -0.25) is 9.69 Å². The van der Waals surface area contributed by atoms with Crippen LogP contribution < -0.4 is 0 Å². The summed E-state index contributed by atoms with van der Waals surface area (Å²) in [6.45, 7) is 4.77. The van der Waals surface area contributed by atoms with Crippen molar-refractivity contribution < 1.29 is 4.79 Å². The highest BCUT2D eigenvalue weighted by atomic mass is 32.2. The second kappa shape index (κ2) is 9.14. The smallest absolute Gasteiger partial charge is 0.242 e. The molecule has 1 fully saturated rings. The van der Waals surface area contributed by atoms with Crippen LogP contribution in [0.1, 0.15) is 42.2 Å². The molecule has 1 aromatic heterocycles.